The Morgan fingerprint density at radius 2 is 1.81 bits per heavy atom. The van der Waals surface area contributed by atoms with Gasteiger partial charge in [-0.3, -0.25) is 4.79 Å². The highest BCUT2D eigenvalue weighted by molar-refractivity contribution is 5.91. The lowest BCUT2D eigenvalue weighted by Gasteiger charge is -2.26. The molecule has 2 heteroatoms. The van der Waals surface area contributed by atoms with Gasteiger partial charge in [0.2, 0.25) is 0 Å². The fourth-order valence-electron chi connectivity index (χ4n) is 2.54. The van der Waals surface area contributed by atoms with Crippen LogP contribution in [0.3, 0.4) is 0 Å². The number of rotatable bonds is 3. The number of carbonyl (C=O) groups excluding carboxylic acids is 1. The van der Waals surface area contributed by atoms with E-state index in [0.717, 1.165) is 18.4 Å². The predicted molar refractivity (Wildman–Crippen MR) is 64.9 cm³/mol. The summed E-state index contributed by atoms with van der Waals surface area (Å²) in [7, 11) is 0. The summed E-state index contributed by atoms with van der Waals surface area (Å²) in [6.07, 6.45) is 4.36. The van der Waals surface area contributed by atoms with E-state index in [1.165, 1.54) is 12.8 Å². The number of hydrogen-bond acceptors (Lipinski definition) is 2. The number of hydrogen-bond donors (Lipinski definition) is 1. The molecule has 0 radical (unpaired) electrons. The van der Waals surface area contributed by atoms with E-state index in [4.69, 9.17) is 5.73 Å². The quantitative estimate of drug-likeness (QED) is 0.845. The molecular formula is C14H19NO. The van der Waals surface area contributed by atoms with E-state index in [9.17, 15) is 4.79 Å². The Morgan fingerprint density at radius 3 is 2.38 bits per heavy atom. The third-order valence-electron chi connectivity index (χ3n) is 3.61. The minimum atomic E-state index is -0.823. The molecule has 0 spiro atoms. The standard InChI is InChI=1S/C14H19NO/c1-14(15,12-9-3-2-4-10-12)13(16)11-7-5-6-8-11/h2-4,9-11H,5-8,15H2,1H3. The van der Waals surface area contributed by atoms with Crippen molar-refractivity contribution in [3.05, 3.63) is 35.9 Å². The van der Waals surface area contributed by atoms with E-state index < -0.39 is 5.54 Å². The van der Waals surface area contributed by atoms with Crippen molar-refractivity contribution in [1.29, 1.82) is 0 Å². The zero-order valence-electron chi connectivity index (χ0n) is 9.78. The minimum Gasteiger partial charge on any atom is -0.315 e. The van der Waals surface area contributed by atoms with Gasteiger partial charge in [0.1, 0.15) is 0 Å². The monoisotopic (exact) mass is 217 g/mol. The Kier molecular flexibility index (Phi) is 3.10. The second kappa shape index (κ2) is 4.38. The van der Waals surface area contributed by atoms with Gasteiger partial charge in [-0.15, -0.1) is 0 Å². The molecular weight excluding hydrogens is 198 g/mol. The summed E-state index contributed by atoms with van der Waals surface area (Å²) in [5.41, 5.74) is 6.31. The van der Waals surface area contributed by atoms with E-state index in [1.807, 2.05) is 37.3 Å². The fraction of sp³-hybridized carbons (Fsp3) is 0.500. The van der Waals surface area contributed by atoms with E-state index in [2.05, 4.69) is 0 Å². The summed E-state index contributed by atoms with van der Waals surface area (Å²) in [4.78, 5) is 12.3. The number of ketones is 1. The Hall–Kier alpha value is -1.15. The molecule has 0 amide bonds. The summed E-state index contributed by atoms with van der Waals surface area (Å²) in [5.74, 6) is 0.381. The molecule has 2 nitrogen and oxygen atoms in total. The van der Waals surface area contributed by atoms with Crippen molar-refractivity contribution < 1.29 is 4.79 Å². The van der Waals surface area contributed by atoms with Gasteiger partial charge in [-0.05, 0) is 25.3 Å². The van der Waals surface area contributed by atoms with Crippen LogP contribution in [-0.2, 0) is 10.3 Å². The van der Waals surface area contributed by atoms with Gasteiger partial charge in [0.15, 0.2) is 5.78 Å². The van der Waals surface area contributed by atoms with E-state index in [1.54, 1.807) is 0 Å². The Labute approximate surface area is 96.8 Å². The second-order valence-electron chi connectivity index (χ2n) is 4.91. The average Bonchev–Trinajstić information content (AvgIpc) is 2.82. The van der Waals surface area contributed by atoms with Crippen LogP contribution in [0.1, 0.15) is 38.2 Å². The molecule has 0 aliphatic heterocycles. The highest BCUT2D eigenvalue weighted by Gasteiger charge is 2.36. The molecule has 16 heavy (non-hydrogen) atoms. The van der Waals surface area contributed by atoms with Gasteiger partial charge in [-0.25, -0.2) is 0 Å². The molecule has 1 aliphatic carbocycles. The molecule has 2 rings (SSSR count). The first-order chi connectivity index (χ1) is 7.62. The van der Waals surface area contributed by atoms with Gasteiger partial charge in [0.25, 0.3) is 0 Å². The van der Waals surface area contributed by atoms with Gasteiger partial charge in [-0.1, -0.05) is 43.2 Å². The van der Waals surface area contributed by atoms with Crippen molar-refractivity contribution in [2.75, 3.05) is 0 Å². The topological polar surface area (TPSA) is 43.1 Å². The lowest BCUT2D eigenvalue weighted by molar-refractivity contribution is -0.127. The summed E-state index contributed by atoms with van der Waals surface area (Å²) in [6.45, 7) is 1.84. The van der Waals surface area contributed by atoms with Crippen molar-refractivity contribution in [2.24, 2.45) is 11.7 Å². The smallest absolute Gasteiger partial charge is 0.159 e. The average molecular weight is 217 g/mol. The number of carbonyl (C=O) groups is 1. The first-order valence-electron chi connectivity index (χ1n) is 6.01. The summed E-state index contributed by atoms with van der Waals surface area (Å²) in [5, 5.41) is 0. The lowest BCUT2D eigenvalue weighted by Crippen LogP contribution is -2.44. The van der Waals surface area contributed by atoms with Gasteiger partial charge < -0.3 is 5.73 Å². The molecule has 86 valence electrons. The van der Waals surface area contributed by atoms with Crippen LogP contribution in [0.25, 0.3) is 0 Å². The maximum Gasteiger partial charge on any atom is 0.159 e. The van der Waals surface area contributed by atoms with Crippen molar-refractivity contribution >= 4 is 5.78 Å². The number of Topliss-reactive ketones (excluding diaryl/α,β-unsaturated/α-hetero) is 1. The highest BCUT2D eigenvalue weighted by Crippen LogP contribution is 2.32. The number of benzene rings is 1. The van der Waals surface area contributed by atoms with Crippen molar-refractivity contribution in [1.82, 2.24) is 0 Å². The van der Waals surface area contributed by atoms with Gasteiger partial charge in [0.05, 0.1) is 5.54 Å². The van der Waals surface area contributed by atoms with Crippen LogP contribution in [0.4, 0.5) is 0 Å². The molecule has 1 aromatic rings. The molecule has 1 aromatic carbocycles. The Morgan fingerprint density at radius 1 is 1.25 bits per heavy atom. The van der Waals surface area contributed by atoms with Gasteiger partial charge >= 0.3 is 0 Å². The van der Waals surface area contributed by atoms with Crippen molar-refractivity contribution in [3.63, 3.8) is 0 Å². The second-order valence-corrected chi connectivity index (χ2v) is 4.91. The zero-order chi connectivity index (χ0) is 11.6. The molecule has 1 atom stereocenters. The van der Waals surface area contributed by atoms with Crippen molar-refractivity contribution in [2.45, 2.75) is 38.1 Å². The minimum absolute atomic E-state index is 0.176. The van der Waals surface area contributed by atoms with Gasteiger partial charge in [-0.2, -0.15) is 0 Å². The van der Waals surface area contributed by atoms with Crippen molar-refractivity contribution in [3.8, 4) is 0 Å². The molecule has 0 aromatic heterocycles. The van der Waals surface area contributed by atoms with Crippen LogP contribution < -0.4 is 5.73 Å². The molecule has 1 fully saturated rings. The molecule has 1 unspecified atom stereocenters. The van der Waals surface area contributed by atoms with Crippen LogP contribution in [0.2, 0.25) is 0 Å². The largest absolute Gasteiger partial charge is 0.315 e. The first kappa shape index (κ1) is 11.3. The van der Waals surface area contributed by atoms with Crippen LogP contribution in [0.5, 0.6) is 0 Å². The maximum atomic E-state index is 12.3. The van der Waals surface area contributed by atoms with Gasteiger partial charge in [0, 0.05) is 5.92 Å². The normalized spacial score (nSPS) is 20.6. The lowest BCUT2D eigenvalue weighted by atomic mass is 9.82. The summed E-state index contributed by atoms with van der Waals surface area (Å²) >= 11 is 0. The van der Waals surface area contributed by atoms with Crippen LogP contribution in [0, 0.1) is 5.92 Å². The van der Waals surface area contributed by atoms with E-state index >= 15 is 0 Å². The molecule has 2 N–H and O–H groups in total. The van der Waals surface area contributed by atoms with E-state index in [-0.39, 0.29) is 11.7 Å². The third-order valence-corrected chi connectivity index (χ3v) is 3.61. The molecule has 0 heterocycles. The highest BCUT2D eigenvalue weighted by atomic mass is 16.1. The third kappa shape index (κ3) is 2.03. The SMILES string of the molecule is CC(N)(C(=O)C1CCCC1)c1ccccc1. The first-order valence-corrected chi connectivity index (χ1v) is 6.01. The maximum absolute atomic E-state index is 12.3. The molecule has 0 saturated heterocycles. The zero-order valence-corrected chi connectivity index (χ0v) is 9.78. The molecule has 1 aliphatic rings. The number of nitrogens with two attached hydrogens (primary N) is 1. The fourth-order valence-corrected chi connectivity index (χ4v) is 2.54. The molecule has 0 bridgehead atoms. The van der Waals surface area contributed by atoms with Crippen LogP contribution in [-0.4, -0.2) is 5.78 Å². The van der Waals surface area contributed by atoms with Crippen LogP contribution in [0.15, 0.2) is 30.3 Å². The van der Waals surface area contributed by atoms with E-state index in [0.29, 0.717) is 0 Å². The summed E-state index contributed by atoms with van der Waals surface area (Å²) < 4.78 is 0. The Bertz CT molecular complexity index is 364. The molecule has 1 saturated carbocycles. The Balaban J connectivity index is 2.21. The van der Waals surface area contributed by atoms with Crippen LogP contribution >= 0.6 is 0 Å². The summed E-state index contributed by atoms with van der Waals surface area (Å²) in [6, 6.07) is 9.68. The predicted octanol–water partition coefficient (Wildman–Crippen LogP) is 2.62.